The second-order valence-electron chi connectivity index (χ2n) is 5.26. The molecular weight excluding hydrogens is 367 g/mol. The number of alkyl halides is 3. The van der Waals surface area contributed by atoms with Crippen LogP contribution >= 0.6 is 23.1 Å². The summed E-state index contributed by atoms with van der Waals surface area (Å²) in [5.41, 5.74) is -1.39. The van der Waals surface area contributed by atoms with Crippen molar-refractivity contribution < 1.29 is 23.1 Å². The van der Waals surface area contributed by atoms with Gasteiger partial charge in [0.05, 0.1) is 6.04 Å². The van der Waals surface area contributed by atoms with Crippen LogP contribution in [0.25, 0.3) is 0 Å². The third kappa shape index (κ3) is 3.53. The van der Waals surface area contributed by atoms with Crippen molar-refractivity contribution in [2.75, 3.05) is 0 Å². The molecule has 7 nitrogen and oxygen atoms in total. The Morgan fingerprint density at radius 1 is 1.29 bits per heavy atom. The second kappa shape index (κ2) is 6.67. The van der Waals surface area contributed by atoms with Crippen LogP contribution in [0.5, 0.6) is 0 Å². The van der Waals surface area contributed by atoms with E-state index < -0.39 is 22.7 Å². The number of thiazole rings is 1. The molecule has 0 bridgehead atoms. The van der Waals surface area contributed by atoms with Crippen LogP contribution in [-0.4, -0.2) is 36.3 Å². The van der Waals surface area contributed by atoms with Crippen LogP contribution < -0.4 is 0 Å². The van der Waals surface area contributed by atoms with E-state index in [1.54, 1.807) is 4.68 Å². The van der Waals surface area contributed by atoms with E-state index in [1.807, 2.05) is 0 Å². The van der Waals surface area contributed by atoms with E-state index in [0.29, 0.717) is 16.5 Å². The largest absolute Gasteiger partial charge is 0.477 e. The second-order valence-corrected chi connectivity index (χ2v) is 7.47. The highest BCUT2D eigenvalue weighted by molar-refractivity contribution is 8.00. The van der Waals surface area contributed by atoms with E-state index in [9.17, 15) is 18.0 Å². The first-order valence-corrected chi connectivity index (χ1v) is 8.76. The topological polar surface area (TPSA) is 93.8 Å². The van der Waals surface area contributed by atoms with E-state index in [1.165, 1.54) is 0 Å². The summed E-state index contributed by atoms with van der Waals surface area (Å²) in [6.45, 7) is 0. The highest BCUT2D eigenvalue weighted by atomic mass is 32.2. The summed E-state index contributed by atoms with van der Waals surface area (Å²) >= 11 is 1.33. The Labute approximate surface area is 142 Å². The van der Waals surface area contributed by atoms with E-state index in [-0.39, 0.29) is 10.4 Å². The predicted molar refractivity (Wildman–Crippen MR) is 78.1 cm³/mol. The molecule has 1 N–H and O–H groups in total. The molecule has 0 spiro atoms. The molecule has 2 aromatic heterocycles. The molecule has 0 atom stereocenters. The molecule has 0 radical (unpaired) electrons. The highest BCUT2D eigenvalue weighted by Gasteiger charge is 2.40. The van der Waals surface area contributed by atoms with Gasteiger partial charge in [0.2, 0.25) is 5.16 Å². The molecule has 2 heterocycles. The number of aromatic nitrogens is 5. The molecule has 0 amide bonds. The fraction of sp³-hybridized carbons (Fsp3) is 0.583. The van der Waals surface area contributed by atoms with Crippen LogP contribution in [0.4, 0.5) is 13.2 Å². The lowest BCUT2D eigenvalue weighted by Gasteiger charge is -2.21. The number of halogens is 3. The average Bonchev–Trinajstić information content (AvgIpc) is 3.15. The number of hydrogen-bond donors (Lipinski definition) is 1. The lowest BCUT2D eigenvalue weighted by Crippen LogP contribution is -2.15. The molecule has 12 heteroatoms. The van der Waals surface area contributed by atoms with E-state index >= 15 is 0 Å². The van der Waals surface area contributed by atoms with E-state index in [0.717, 1.165) is 43.9 Å². The fourth-order valence-electron chi connectivity index (χ4n) is 2.57. The first kappa shape index (κ1) is 17.1. The maximum absolute atomic E-state index is 12.9. The lowest BCUT2D eigenvalue weighted by molar-refractivity contribution is -0.141. The number of hydrogen-bond acceptors (Lipinski definition) is 7. The Hall–Kier alpha value is -1.69. The van der Waals surface area contributed by atoms with Gasteiger partial charge in [-0.15, -0.1) is 5.10 Å². The minimum atomic E-state index is -4.82. The Morgan fingerprint density at radius 2 is 2.00 bits per heavy atom. The quantitative estimate of drug-likeness (QED) is 0.869. The number of carboxylic acid groups (broad SMARTS) is 1. The smallest absolute Gasteiger partial charge is 0.435 e. The van der Waals surface area contributed by atoms with Gasteiger partial charge in [0.1, 0.15) is 4.88 Å². The van der Waals surface area contributed by atoms with Crippen LogP contribution in [0.2, 0.25) is 0 Å². The van der Waals surface area contributed by atoms with Crippen LogP contribution in [0.1, 0.15) is 53.5 Å². The molecular formula is C12H12F3N5O2S2. The zero-order valence-corrected chi connectivity index (χ0v) is 13.8. The molecule has 3 rings (SSSR count). The molecule has 0 unspecified atom stereocenters. The van der Waals surface area contributed by atoms with Crippen molar-refractivity contribution in [3.05, 3.63) is 10.6 Å². The van der Waals surface area contributed by atoms with Gasteiger partial charge in [0.15, 0.2) is 10.0 Å². The summed E-state index contributed by atoms with van der Waals surface area (Å²) < 4.78 is 40.2. The zero-order chi connectivity index (χ0) is 17.3. The Kier molecular flexibility index (Phi) is 4.76. The summed E-state index contributed by atoms with van der Waals surface area (Å²) in [6, 6.07) is 0.109. The molecule has 2 aromatic rings. The van der Waals surface area contributed by atoms with Gasteiger partial charge in [-0.3, -0.25) is 0 Å². The molecule has 0 saturated heterocycles. The number of carbonyl (C=O) groups is 1. The molecule has 1 aliphatic carbocycles. The molecule has 24 heavy (non-hydrogen) atoms. The molecule has 1 saturated carbocycles. The standard InChI is InChI=1S/C12H12F3N5O2S2/c13-12(14,15)8-7(9(21)22)23-11(16-8)24-10-17-18-19-20(10)6-4-2-1-3-5-6/h6H,1-5H2,(H,21,22). The van der Waals surface area contributed by atoms with Crippen molar-refractivity contribution in [3.63, 3.8) is 0 Å². The Morgan fingerprint density at radius 3 is 2.58 bits per heavy atom. The summed E-state index contributed by atoms with van der Waals surface area (Å²) in [6.07, 6.45) is 0.235. The van der Waals surface area contributed by atoms with Gasteiger partial charge < -0.3 is 5.11 Å². The van der Waals surface area contributed by atoms with Crippen molar-refractivity contribution in [2.24, 2.45) is 0 Å². The van der Waals surface area contributed by atoms with Crippen molar-refractivity contribution in [2.45, 2.75) is 53.8 Å². The van der Waals surface area contributed by atoms with Gasteiger partial charge in [-0.1, -0.05) is 30.6 Å². The third-order valence-electron chi connectivity index (χ3n) is 3.63. The molecule has 1 fully saturated rings. The summed E-state index contributed by atoms with van der Waals surface area (Å²) in [7, 11) is 0. The van der Waals surface area contributed by atoms with Crippen molar-refractivity contribution in [3.8, 4) is 0 Å². The normalized spacial score (nSPS) is 16.5. The maximum Gasteiger partial charge on any atom is 0.435 e. The first-order valence-electron chi connectivity index (χ1n) is 7.13. The minimum absolute atomic E-state index is 0.0495. The third-order valence-corrected chi connectivity index (χ3v) is 5.69. The summed E-state index contributed by atoms with van der Waals surface area (Å²) in [4.78, 5) is 13.6. The highest BCUT2D eigenvalue weighted by Crippen LogP contribution is 2.40. The van der Waals surface area contributed by atoms with Crippen molar-refractivity contribution in [1.82, 2.24) is 25.2 Å². The van der Waals surface area contributed by atoms with Crippen LogP contribution in [0.3, 0.4) is 0 Å². The van der Waals surface area contributed by atoms with Gasteiger partial charge in [-0.2, -0.15) is 13.2 Å². The number of carboxylic acids is 1. The fourth-order valence-corrected chi connectivity index (χ4v) is 4.51. The molecule has 0 aromatic carbocycles. The number of aromatic carboxylic acids is 1. The average molecular weight is 379 g/mol. The van der Waals surface area contributed by atoms with Crippen LogP contribution in [0.15, 0.2) is 9.50 Å². The Balaban J connectivity index is 1.87. The zero-order valence-electron chi connectivity index (χ0n) is 12.2. The van der Waals surface area contributed by atoms with Crippen molar-refractivity contribution >= 4 is 29.1 Å². The summed E-state index contributed by atoms with van der Waals surface area (Å²) in [5, 5.41) is 20.6. The minimum Gasteiger partial charge on any atom is -0.477 e. The monoisotopic (exact) mass is 379 g/mol. The number of nitrogens with zero attached hydrogens (tertiary/aromatic N) is 5. The number of tetrazole rings is 1. The molecule has 1 aliphatic rings. The lowest BCUT2D eigenvalue weighted by atomic mass is 9.96. The van der Waals surface area contributed by atoms with Gasteiger partial charge in [-0.25, -0.2) is 14.5 Å². The summed E-state index contributed by atoms with van der Waals surface area (Å²) in [5.74, 6) is -1.65. The van der Waals surface area contributed by atoms with Crippen LogP contribution in [-0.2, 0) is 6.18 Å². The maximum atomic E-state index is 12.9. The van der Waals surface area contributed by atoms with E-state index in [4.69, 9.17) is 5.11 Å². The van der Waals surface area contributed by atoms with Gasteiger partial charge in [0, 0.05) is 0 Å². The van der Waals surface area contributed by atoms with Gasteiger partial charge >= 0.3 is 12.1 Å². The SMILES string of the molecule is O=C(O)c1sc(Sc2nnnn2C2CCCCC2)nc1C(F)(F)F. The number of rotatable bonds is 4. The molecule has 0 aliphatic heterocycles. The van der Waals surface area contributed by atoms with Gasteiger partial charge in [0.25, 0.3) is 0 Å². The predicted octanol–water partition coefficient (Wildman–Crippen LogP) is 3.50. The van der Waals surface area contributed by atoms with Gasteiger partial charge in [-0.05, 0) is 35.0 Å². The Bertz CT molecular complexity index is 739. The van der Waals surface area contributed by atoms with Crippen LogP contribution in [0, 0.1) is 0 Å². The first-order chi connectivity index (χ1) is 11.4. The van der Waals surface area contributed by atoms with Crippen molar-refractivity contribution in [1.29, 1.82) is 0 Å². The van der Waals surface area contributed by atoms with E-state index in [2.05, 4.69) is 20.5 Å². The molecule has 130 valence electrons.